The molecule has 1 saturated heterocycles. The summed E-state index contributed by atoms with van der Waals surface area (Å²) in [5.41, 5.74) is 7.52. The van der Waals surface area contributed by atoms with Crippen LogP contribution in [0.1, 0.15) is 48.4 Å². The van der Waals surface area contributed by atoms with Gasteiger partial charge in [-0.2, -0.15) is 5.10 Å². The minimum atomic E-state index is 0.433. The Bertz CT molecular complexity index is 1240. The van der Waals surface area contributed by atoms with Gasteiger partial charge in [0, 0.05) is 47.0 Å². The monoisotopic (exact) mass is 440 g/mol. The number of aromatic nitrogens is 3. The number of nitrogens with one attached hydrogen (secondary N) is 2. The fourth-order valence-corrected chi connectivity index (χ4v) is 5.86. The van der Waals surface area contributed by atoms with Crippen LogP contribution >= 0.6 is 0 Å². The van der Waals surface area contributed by atoms with Crippen molar-refractivity contribution in [2.75, 3.05) is 13.7 Å². The van der Waals surface area contributed by atoms with E-state index < -0.39 is 0 Å². The van der Waals surface area contributed by atoms with E-state index in [0.29, 0.717) is 6.04 Å². The second kappa shape index (κ2) is 8.38. The number of aromatic amines is 2. The molecule has 6 rings (SSSR count). The van der Waals surface area contributed by atoms with E-state index in [2.05, 4.69) is 63.4 Å². The van der Waals surface area contributed by atoms with Crippen LogP contribution in [-0.2, 0) is 6.54 Å². The highest BCUT2D eigenvalue weighted by molar-refractivity contribution is 5.88. The highest BCUT2D eigenvalue weighted by Crippen LogP contribution is 2.47. The van der Waals surface area contributed by atoms with Crippen LogP contribution in [0, 0.1) is 18.8 Å². The van der Waals surface area contributed by atoms with Gasteiger partial charge in [-0.3, -0.25) is 10.00 Å². The van der Waals surface area contributed by atoms with Crippen molar-refractivity contribution in [3.63, 3.8) is 0 Å². The van der Waals surface area contributed by atoms with E-state index in [0.717, 1.165) is 36.2 Å². The molecular weight excluding hydrogens is 408 g/mol. The third-order valence-electron chi connectivity index (χ3n) is 7.86. The number of piperidine rings is 1. The van der Waals surface area contributed by atoms with Crippen LogP contribution < -0.4 is 4.74 Å². The minimum Gasteiger partial charge on any atom is -0.496 e. The molecule has 1 saturated carbocycles. The van der Waals surface area contributed by atoms with Crippen molar-refractivity contribution >= 4 is 10.9 Å². The van der Waals surface area contributed by atoms with Gasteiger partial charge in [0.15, 0.2) is 0 Å². The summed E-state index contributed by atoms with van der Waals surface area (Å²) in [6.07, 6.45) is 11.3. The lowest BCUT2D eigenvalue weighted by atomic mass is 9.83. The second-order valence-corrected chi connectivity index (χ2v) is 9.86. The SMILES string of the molecule is COc1cc(C)c2[nH]ccc2c1CN1CCC(C2CC2)C[C@H]1c1ccc(-c2cn[nH]c2)cc1. The number of fused-ring (bicyclic) bond motifs is 1. The zero-order valence-corrected chi connectivity index (χ0v) is 19.5. The predicted molar refractivity (Wildman–Crippen MR) is 132 cm³/mol. The minimum absolute atomic E-state index is 0.433. The Morgan fingerprint density at radius 1 is 1.06 bits per heavy atom. The van der Waals surface area contributed by atoms with Crippen LogP contribution in [0.15, 0.2) is 55.0 Å². The summed E-state index contributed by atoms with van der Waals surface area (Å²) in [7, 11) is 1.79. The number of hydrogen-bond acceptors (Lipinski definition) is 3. The summed E-state index contributed by atoms with van der Waals surface area (Å²) >= 11 is 0. The molecule has 2 aromatic carbocycles. The average Bonchev–Trinajstić information content (AvgIpc) is 3.32. The van der Waals surface area contributed by atoms with Crippen molar-refractivity contribution in [3.05, 3.63) is 71.7 Å². The van der Waals surface area contributed by atoms with Gasteiger partial charge in [0.25, 0.3) is 0 Å². The van der Waals surface area contributed by atoms with Gasteiger partial charge in [0.1, 0.15) is 5.75 Å². The third-order valence-corrected chi connectivity index (χ3v) is 7.86. The first kappa shape index (κ1) is 20.5. The topological polar surface area (TPSA) is 56.9 Å². The second-order valence-electron chi connectivity index (χ2n) is 9.86. The van der Waals surface area contributed by atoms with Gasteiger partial charge >= 0.3 is 0 Å². The first-order chi connectivity index (χ1) is 16.2. The maximum absolute atomic E-state index is 5.86. The molecule has 170 valence electrons. The number of methoxy groups -OCH3 is 1. The summed E-state index contributed by atoms with van der Waals surface area (Å²) in [5.74, 6) is 2.80. The van der Waals surface area contributed by atoms with Gasteiger partial charge in [-0.05, 0) is 79.8 Å². The molecule has 4 aromatic rings. The highest BCUT2D eigenvalue weighted by atomic mass is 16.5. The quantitative estimate of drug-likeness (QED) is 0.373. The van der Waals surface area contributed by atoms with Gasteiger partial charge < -0.3 is 9.72 Å². The van der Waals surface area contributed by atoms with Crippen LogP contribution in [0.5, 0.6) is 5.75 Å². The lowest BCUT2D eigenvalue weighted by Crippen LogP contribution is -2.37. The molecule has 33 heavy (non-hydrogen) atoms. The number of rotatable bonds is 6. The molecule has 2 fully saturated rings. The first-order valence-electron chi connectivity index (χ1n) is 12.2. The van der Waals surface area contributed by atoms with E-state index in [-0.39, 0.29) is 0 Å². The molecule has 2 atom stereocenters. The third kappa shape index (κ3) is 3.84. The van der Waals surface area contributed by atoms with E-state index in [1.807, 2.05) is 18.6 Å². The van der Waals surface area contributed by atoms with Crippen molar-refractivity contribution in [1.82, 2.24) is 20.1 Å². The zero-order valence-electron chi connectivity index (χ0n) is 19.5. The molecular formula is C28H32N4O. The Balaban J connectivity index is 1.34. The van der Waals surface area contributed by atoms with Crippen molar-refractivity contribution < 1.29 is 4.74 Å². The number of nitrogens with zero attached hydrogens (tertiary/aromatic N) is 2. The smallest absolute Gasteiger partial charge is 0.124 e. The molecule has 1 aliphatic heterocycles. The number of hydrogen-bond donors (Lipinski definition) is 2. The largest absolute Gasteiger partial charge is 0.496 e. The Labute approximate surface area is 195 Å². The molecule has 5 heteroatoms. The molecule has 1 unspecified atom stereocenters. The van der Waals surface area contributed by atoms with Gasteiger partial charge in [0.2, 0.25) is 0 Å². The molecule has 2 N–H and O–H groups in total. The Morgan fingerprint density at radius 3 is 2.64 bits per heavy atom. The highest BCUT2D eigenvalue weighted by Gasteiger charge is 2.38. The van der Waals surface area contributed by atoms with E-state index >= 15 is 0 Å². The molecule has 3 heterocycles. The predicted octanol–water partition coefficient (Wildman–Crippen LogP) is 6.24. The number of ether oxygens (including phenoxy) is 1. The van der Waals surface area contributed by atoms with E-state index in [1.54, 1.807) is 7.11 Å². The van der Waals surface area contributed by atoms with E-state index in [9.17, 15) is 0 Å². The van der Waals surface area contributed by atoms with Crippen LogP contribution in [0.4, 0.5) is 0 Å². The van der Waals surface area contributed by atoms with Gasteiger partial charge in [-0.25, -0.2) is 0 Å². The first-order valence-corrected chi connectivity index (χ1v) is 12.2. The number of likely N-dealkylation sites (tertiary alicyclic amines) is 1. The summed E-state index contributed by atoms with van der Waals surface area (Å²) < 4.78 is 5.86. The average molecular weight is 441 g/mol. The van der Waals surface area contributed by atoms with Gasteiger partial charge in [-0.1, -0.05) is 24.3 Å². The van der Waals surface area contributed by atoms with Crippen LogP contribution in [0.3, 0.4) is 0 Å². The molecule has 2 aromatic heterocycles. The molecule has 0 amide bonds. The molecule has 0 spiro atoms. The van der Waals surface area contributed by atoms with Crippen LogP contribution in [0.25, 0.3) is 22.0 Å². The molecule has 1 aliphatic carbocycles. The van der Waals surface area contributed by atoms with Crippen molar-refractivity contribution in [2.45, 2.75) is 45.2 Å². The lowest BCUT2D eigenvalue weighted by molar-refractivity contribution is 0.0954. The number of benzene rings is 2. The van der Waals surface area contributed by atoms with E-state index in [4.69, 9.17) is 4.74 Å². The normalized spacial score (nSPS) is 21.5. The van der Waals surface area contributed by atoms with Crippen LogP contribution in [-0.4, -0.2) is 33.7 Å². The van der Waals surface area contributed by atoms with E-state index in [1.165, 1.54) is 58.8 Å². The summed E-state index contributed by atoms with van der Waals surface area (Å²) in [6.45, 7) is 4.19. The van der Waals surface area contributed by atoms with Crippen molar-refractivity contribution in [3.8, 4) is 16.9 Å². The standard InChI is InChI=1S/C28H32N4O/c1-18-13-27(33-2)25(24-9-11-29-28(18)24)17-32-12-10-22(19-3-4-19)14-26(32)21-7-5-20(6-8-21)23-15-30-31-16-23/h5-9,11,13,15-16,19,22,26,29H,3-4,10,12,14,17H2,1-2H3,(H,30,31)/t22?,26-/m0/s1. The number of H-pyrrole nitrogens is 2. The maximum Gasteiger partial charge on any atom is 0.124 e. The van der Waals surface area contributed by atoms with Gasteiger partial charge in [-0.15, -0.1) is 0 Å². The van der Waals surface area contributed by atoms with Gasteiger partial charge in [0.05, 0.1) is 13.3 Å². The summed E-state index contributed by atoms with van der Waals surface area (Å²) in [5, 5.41) is 8.30. The fraction of sp³-hybridized carbons (Fsp3) is 0.393. The lowest BCUT2D eigenvalue weighted by Gasteiger charge is -2.40. The Morgan fingerprint density at radius 2 is 1.91 bits per heavy atom. The Hall–Kier alpha value is -3.05. The van der Waals surface area contributed by atoms with Crippen LogP contribution in [0.2, 0.25) is 0 Å². The number of aryl methyl sites for hydroxylation is 1. The summed E-state index contributed by atoms with van der Waals surface area (Å²) in [6, 6.07) is 14.0. The fourth-order valence-electron chi connectivity index (χ4n) is 5.86. The van der Waals surface area contributed by atoms with Crippen molar-refractivity contribution in [2.24, 2.45) is 11.8 Å². The molecule has 0 bridgehead atoms. The molecule has 5 nitrogen and oxygen atoms in total. The molecule has 0 radical (unpaired) electrons. The zero-order chi connectivity index (χ0) is 22.4. The molecule has 2 aliphatic rings. The summed E-state index contributed by atoms with van der Waals surface area (Å²) in [4.78, 5) is 6.11. The Kier molecular flexibility index (Phi) is 5.22. The van der Waals surface area contributed by atoms with Crippen molar-refractivity contribution in [1.29, 1.82) is 0 Å². The maximum atomic E-state index is 5.86.